The van der Waals surface area contributed by atoms with Crippen molar-refractivity contribution in [2.45, 2.75) is 6.92 Å². The van der Waals surface area contributed by atoms with E-state index in [1.54, 1.807) is 6.21 Å². The predicted molar refractivity (Wildman–Crippen MR) is 79.5 cm³/mol. The van der Waals surface area contributed by atoms with E-state index in [1.165, 1.54) is 11.8 Å². The number of thiocarbonyl (C=S) groups is 1. The summed E-state index contributed by atoms with van der Waals surface area (Å²) in [7, 11) is 9.71. The van der Waals surface area contributed by atoms with Gasteiger partial charge in [0.15, 0.2) is 4.32 Å². The molecule has 0 aliphatic heterocycles. The summed E-state index contributed by atoms with van der Waals surface area (Å²) in [5.41, 5.74) is 4.52. The van der Waals surface area contributed by atoms with Crippen LogP contribution in [0.3, 0.4) is 0 Å². The van der Waals surface area contributed by atoms with E-state index < -0.39 is 0 Å². The van der Waals surface area contributed by atoms with Gasteiger partial charge in [-0.2, -0.15) is 5.10 Å². The van der Waals surface area contributed by atoms with Crippen LogP contribution in [0.4, 0.5) is 0 Å². The van der Waals surface area contributed by atoms with Crippen molar-refractivity contribution in [2.24, 2.45) is 5.10 Å². The number of nitrogens with zero attached hydrogens (tertiary/aromatic N) is 2. The third-order valence-electron chi connectivity index (χ3n) is 1.45. The Labute approximate surface area is 132 Å². The van der Waals surface area contributed by atoms with Gasteiger partial charge >= 0.3 is 34.5 Å². The molecule has 0 spiro atoms. The van der Waals surface area contributed by atoms with E-state index in [-0.39, 0.29) is 20.6 Å². The van der Waals surface area contributed by atoms with Gasteiger partial charge in [0, 0.05) is 5.69 Å². The summed E-state index contributed by atoms with van der Waals surface area (Å²) in [5.74, 6) is 0. The molecular formula is C9H12Cl2N3ORuS2-. The van der Waals surface area contributed by atoms with E-state index in [0.717, 1.165) is 11.4 Å². The summed E-state index contributed by atoms with van der Waals surface area (Å²) in [6.45, 7) is 1.94. The van der Waals surface area contributed by atoms with Crippen molar-refractivity contribution in [3.8, 4) is 0 Å². The fraction of sp³-hybridized carbons (Fsp3) is 0.222. The van der Waals surface area contributed by atoms with E-state index in [9.17, 15) is 0 Å². The van der Waals surface area contributed by atoms with E-state index in [0.29, 0.717) is 4.32 Å². The first-order chi connectivity index (χ1) is 8.13. The molecule has 0 atom stereocenters. The topological polar surface area (TPSA) is 67.3 Å². The van der Waals surface area contributed by atoms with Gasteiger partial charge in [-0.25, -0.2) is 0 Å². The molecule has 1 aromatic rings. The van der Waals surface area contributed by atoms with Gasteiger partial charge < -0.3 is 5.48 Å². The number of halogens is 2. The van der Waals surface area contributed by atoms with Gasteiger partial charge in [0.1, 0.15) is 0 Å². The Hall–Kier alpha value is 0.223. The maximum atomic E-state index is 4.91. The minimum Gasteiger partial charge on any atom is -0.870 e. The largest absolute Gasteiger partial charge is 0.870 e. The summed E-state index contributed by atoms with van der Waals surface area (Å²) >= 11 is 6.02. The summed E-state index contributed by atoms with van der Waals surface area (Å²) < 4.78 is 0.647. The fourth-order valence-electron chi connectivity index (χ4n) is 0.833. The van der Waals surface area contributed by atoms with Crippen molar-refractivity contribution in [2.75, 3.05) is 6.26 Å². The van der Waals surface area contributed by atoms with E-state index in [2.05, 4.69) is 15.5 Å². The van der Waals surface area contributed by atoms with Crippen molar-refractivity contribution in [1.29, 1.82) is 0 Å². The van der Waals surface area contributed by atoms with Crippen LogP contribution in [0.2, 0.25) is 0 Å². The molecule has 18 heavy (non-hydrogen) atoms. The molecule has 2 N–H and O–H groups in total. The number of pyridine rings is 1. The standard InChI is InChI=1S/C9H11N3S2.2ClH.H2O.Ru/c1-7-4-3-5-8(11-7)6-10-12-9(13)14-2;;;;/h3-6H,1-2H3,(H,12,13);2*1H;1H2;/q;;;;+2/p-3. The van der Waals surface area contributed by atoms with Gasteiger partial charge in [-0.05, 0) is 25.3 Å². The summed E-state index contributed by atoms with van der Waals surface area (Å²) in [5, 5.41) is 3.95. The van der Waals surface area contributed by atoms with Crippen LogP contribution < -0.4 is 5.43 Å². The molecule has 0 aliphatic carbocycles. The van der Waals surface area contributed by atoms with Crippen LogP contribution in [0.15, 0.2) is 23.3 Å². The van der Waals surface area contributed by atoms with Gasteiger partial charge in [-0.1, -0.05) is 30.0 Å². The molecule has 104 valence electrons. The molecule has 0 aliphatic rings. The molecule has 0 saturated heterocycles. The van der Waals surface area contributed by atoms with Gasteiger partial charge in [-0.3, -0.25) is 10.4 Å². The van der Waals surface area contributed by atoms with Crippen molar-refractivity contribution in [1.82, 2.24) is 10.4 Å². The maximum Gasteiger partial charge on any atom is -0.870 e. The summed E-state index contributed by atoms with van der Waals surface area (Å²) in [6, 6.07) is 5.77. The second-order valence-corrected chi connectivity index (χ2v) is 6.74. The number of aromatic nitrogens is 1. The minimum absolute atomic E-state index is 0. The Kier molecular flexibility index (Phi) is 15.6. The van der Waals surface area contributed by atoms with Gasteiger partial charge in [0.25, 0.3) is 0 Å². The fourth-order valence-corrected chi connectivity index (χ4v) is 1.03. The summed E-state index contributed by atoms with van der Waals surface area (Å²) in [4.78, 5) is 4.26. The number of rotatable bonds is 2. The minimum atomic E-state index is -0.346. The molecule has 0 bridgehead atoms. The average Bonchev–Trinajstić information content (AvgIpc) is 2.30. The van der Waals surface area contributed by atoms with Crippen LogP contribution in [0, 0.1) is 6.92 Å². The van der Waals surface area contributed by atoms with Crippen molar-refractivity contribution in [3.05, 3.63) is 29.6 Å². The van der Waals surface area contributed by atoms with Crippen LogP contribution in [-0.2, 0) is 15.1 Å². The average molecular weight is 414 g/mol. The number of hydrogen-bond donors (Lipinski definition) is 1. The number of hydrogen-bond acceptors (Lipinski definition) is 5. The normalized spacial score (nSPS) is 9.33. The Balaban J connectivity index is 0. The molecule has 1 aromatic heterocycles. The zero-order valence-electron chi connectivity index (χ0n) is 9.58. The van der Waals surface area contributed by atoms with Crippen molar-refractivity contribution >= 4 is 53.9 Å². The summed E-state index contributed by atoms with van der Waals surface area (Å²) in [6.07, 6.45) is 3.55. The number of nitrogens with one attached hydrogen (secondary N) is 1. The Morgan fingerprint density at radius 1 is 1.56 bits per heavy atom. The zero-order valence-corrected chi connectivity index (χ0v) is 14.5. The predicted octanol–water partition coefficient (Wildman–Crippen LogP) is 3.16. The van der Waals surface area contributed by atoms with Gasteiger partial charge in [0.05, 0.1) is 11.9 Å². The zero-order chi connectivity index (χ0) is 13.1. The smallest absolute Gasteiger partial charge is 0.870 e. The Bertz CT molecular complexity index is 383. The third-order valence-corrected chi connectivity index (χ3v) is 2.50. The Morgan fingerprint density at radius 2 is 2.17 bits per heavy atom. The third kappa shape index (κ3) is 11.3. The molecule has 0 unspecified atom stereocenters. The first-order valence-corrected chi connectivity index (χ1v) is 10.4. The van der Waals surface area contributed by atoms with Crippen LogP contribution in [0.1, 0.15) is 11.4 Å². The van der Waals surface area contributed by atoms with E-state index in [4.69, 9.17) is 31.6 Å². The number of thioether (sulfide) groups is 1. The van der Waals surface area contributed by atoms with Crippen molar-refractivity contribution < 1.29 is 20.6 Å². The van der Waals surface area contributed by atoms with Gasteiger partial charge in [-0.15, -0.1) is 0 Å². The second-order valence-electron chi connectivity index (χ2n) is 2.62. The molecule has 0 fully saturated rings. The molecule has 0 radical (unpaired) electrons. The second kappa shape index (κ2) is 13.7. The van der Waals surface area contributed by atoms with Gasteiger partial charge in [0.2, 0.25) is 0 Å². The molecule has 4 nitrogen and oxygen atoms in total. The van der Waals surface area contributed by atoms with Crippen LogP contribution in [0.5, 0.6) is 0 Å². The van der Waals surface area contributed by atoms with E-state index >= 15 is 0 Å². The molecule has 0 saturated carbocycles. The van der Waals surface area contributed by atoms with Crippen LogP contribution in [0.25, 0.3) is 0 Å². The SMILES string of the molecule is CSC(=S)NN=Cc1cccc(C)n1.[Cl][Ru][Cl].[OH-]. The van der Waals surface area contributed by atoms with Crippen LogP contribution in [-0.4, -0.2) is 27.3 Å². The first-order valence-electron chi connectivity index (χ1n) is 4.30. The molecule has 0 amide bonds. The molecule has 9 heteroatoms. The molecule has 0 aromatic carbocycles. The van der Waals surface area contributed by atoms with Crippen molar-refractivity contribution in [3.63, 3.8) is 0 Å². The monoisotopic (exact) mass is 414 g/mol. The Morgan fingerprint density at radius 3 is 2.67 bits per heavy atom. The van der Waals surface area contributed by atoms with Crippen LogP contribution >= 0.6 is 43.4 Å². The maximum absolute atomic E-state index is 4.91. The molecular weight excluding hydrogens is 402 g/mol. The number of hydrazone groups is 1. The quantitative estimate of drug-likeness (QED) is 0.349. The van der Waals surface area contributed by atoms with E-state index in [1.807, 2.05) is 31.4 Å². The molecule has 1 heterocycles. The first kappa shape index (κ1) is 20.5. The number of aryl methyl sites for hydroxylation is 1. The molecule has 1 rings (SSSR count).